The van der Waals surface area contributed by atoms with Crippen LogP contribution in [-0.2, 0) is 11.5 Å². The van der Waals surface area contributed by atoms with Crippen LogP contribution in [0.2, 0.25) is 0 Å². The second-order valence-corrected chi connectivity index (χ2v) is 6.58. The van der Waals surface area contributed by atoms with Crippen molar-refractivity contribution in [3.8, 4) is 11.3 Å². The molecule has 3 rings (SSSR count). The normalized spacial score (nSPS) is 12.1. The Kier molecular flexibility index (Phi) is 6.19. The molecule has 3 aromatic rings. The fourth-order valence-corrected chi connectivity index (χ4v) is 2.84. The lowest BCUT2D eigenvalue weighted by atomic mass is 10.1. The van der Waals surface area contributed by atoms with Gasteiger partial charge in [-0.25, -0.2) is 14.1 Å². The van der Waals surface area contributed by atoms with Gasteiger partial charge in [-0.05, 0) is 56.2 Å². The second kappa shape index (κ2) is 8.77. The summed E-state index contributed by atoms with van der Waals surface area (Å²) in [6.45, 7) is 7.23. The van der Waals surface area contributed by atoms with Crippen molar-refractivity contribution >= 4 is 5.82 Å². The van der Waals surface area contributed by atoms with Crippen LogP contribution in [0.4, 0.5) is 10.2 Å². The first-order valence-electron chi connectivity index (χ1n) is 9.17. The first-order chi connectivity index (χ1) is 13.0. The highest BCUT2D eigenvalue weighted by atomic mass is 19.1. The molecule has 1 unspecified atom stereocenters. The molecule has 2 heterocycles. The van der Waals surface area contributed by atoms with Crippen LogP contribution >= 0.6 is 0 Å². The van der Waals surface area contributed by atoms with Crippen molar-refractivity contribution in [2.45, 2.75) is 40.0 Å². The van der Waals surface area contributed by atoms with Gasteiger partial charge in [-0.3, -0.25) is 0 Å². The number of benzene rings is 1. The van der Waals surface area contributed by atoms with Gasteiger partial charge in [0, 0.05) is 30.1 Å². The third-order valence-electron chi connectivity index (χ3n) is 4.20. The maximum absolute atomic E-state index is 13.1. The number of pyridine rings is 1. The third kappa shape index (κ3) is 5.14. The number of nitrogens with one attached hydrogen (secondary N) is 1. The van der Waals surface area contributed by atoms with Crippen LogP contribution in [-0.4, -0.2) is 21.4 Å². The average molecular weight is 368 g/mol. The van der Waals surface area contributed by atoms with Gasteiger partial charge in [0.25, 0.3) is 0 Å². The molecular formula is C21H25FN4O. The summed E-state index contributed by atoms with van der Waals surface area (Å²) in [7, 11) is 0. The van der Waals surface area contributed by atoms with Gasteiger partial charge in [-0.2, -0.15) is 5.10 Å². The van der Waals surface area contributed by atoms with Gasteiger partial charge >= 0.3 is 0 Å². The SMILES string of the molecule is CCCOCn1ccc(-c2cc(C)nc(NC(C)c3ccc(F)cc3)c2)n1. The molecule has 5 nitrogen and oxygen atoms in total. The Morgan fingerprint density at radius 1 is 1.19 bits per heavy atom. The summed E-state index contributed by atoms with van der Waals surface area (Å²) < 4.78 is 20.4. The van der Waals surface area contributed by atoms with Crippen molar-refractivity contribution in [2.75, 3.05) is 11.9 Å². The van der Waals surface area contributed by atoms with Crippen molar-refractivity contribution in [1.82, 2.24) is 14.8 Å². The number of halogens is 1. The van der Waals surface area contributed by atoms with Crippen molar-refractivity contribution < 1.29 is 9.13 Å². The molecule has 142 valence electrons. The molecule has 0 saturated carbocycles. The van der Waals surface area contributed by atoms with Crippen LogP contribution in [0.5, 0.6) is 0 Å². The van der Waals surface area contributed by atoms with Gasteiger partial charge in [0.15, 0.2) is 0 Å². The number of rotatable bonds is 8. The van der Waals surface area contributed by atoms with Crippen LogP contribution in [0.3, 0.4) is 0 Å². The highest BCUT2D eigenvalue weighted by Crippen LogP contribution is 2.24. The topological polar surface area (TPSA) is 52.0 Å². The fraction of sp³-hybridized carbons (Fsp3) is 0.333. The number of aryl methyl sites for hydroxylation is 1. The monoisotopic (exact) mass is 368 g/mol. The van der Waals surface area contributed by atoms with Crippen LogP contribution < -0.4 is 5.32 Å². The molecule has 0 amide bonds. The summed E-state index contributed by atoms with van der Waals surface area (Å²) in [6, 6.07) is 12.5. The number of aromatic nitrogens is 3. The van der Waals surface area contributed by atoms with Crippen molar-refractivity contribution in [2.24, 2.45) is 0 Å². The first-order valence-corrected chi connectivity index (χ1v) is 9.17. The van der Waals surface area contributed by atoms with E-state index in [9.17, 15) is 4.39 Å². The summed E-state index contributed by atoms with van der Waals surface area (Å²) in [6.07, 6.45) is 2.90. The molecule has 0 aliphatic rings. The smallest absolute Gasteiger partial charge is 0.139 e. The lowest BCUT2D eigenvalue weighted by molar-refractivity contribution is 0.0695. The first kappa shape index (κ1) is 19.0. The van der Waals surface area contributed by atoms with E-state index in [0.717, 1.165) is 41.4 Å². The van der Waals surface area contributed by atoms with E-state index in [4.69, 9.17) is 4.74 Å². The zero-order valence-electron chi connectivity index (χ0n) is 15.9. The number of nitrogens with zero attached hydrogens (tertiary/aromatic N) is 3. The molecule has 2 aromatic heterocycles. The minimum atomic E-state index is -0.236. The molecular weight excluding hydrogens is 343 g/mol. The predicted octanol–water partition coefficient (Wildman–Crippen LogP) is 4.95. The zero-order chi connectivity index (χ0) is 19.2. The van der Waals surface area contributed by atoms with E-state index in [1.807, 2.05) is 38.2 Å². The van der Waals surface area contributed by atoms with Gasteiger partial charge in [-0.15, -0.1) is 0 Å². The molecule has 0 aliphatic heterocycles. The molecule has 1 atom stereocenters. The van der Waals surface area contributed by atoms with Crippen molar-refractivity contribution in [3.63, 3.8) is 0 Å². The molecule has 0 fully saturated rings. The molecule has 0 spiro atoms. The minimum Gasteiger partial charge on any atom is -0.364 e. The Bertz CT molecular complexity index is 876. The van der Waals surface area contributed by atoms with Crippen LogP contribution in [0.1, 0.15) is 37.6 Å². The molecule has 1 aromatic carbocycles. The lowest BCUT2D eigenvalue weighted by Crippen LogP contribution is -2.08. The maximum Gasteiger partial charge on any atom is 0.139 e. The number of ether oxygens (including phenoxy) is 1. The predicted molar refractivity (Wildman–Crippen MR) is 105 cm³/mol. The van der Waals surface area contributed by atoms with E-state index < -0.39 is 0 Å². The number of hydrogen-bond donors (Lipinski definition) is 1. The highest BCUT2D eigenvalue weighted by molar-refractivity contribution is 5.63. The molecule has 0 radical (unpaired) electrons. The van der Waals surface area contributed by atoms with Crippen LogP contribution in [0, 0.1) is 12.7 Å². The van der Waals surface area contributed by atoms with Gasteiger partial charge < -0.3 is 10.1 Å². The number of anilines is 1. The van der Waals surface area contributed by atoms with E-state index in [0.29, 0.717) is 6.73 Å². The molecule has 6 heteroatoms. The average Bonchev–Trinajstić information content (AvgIpc) is 3.11. The minimum absolute atomic E-state index is 0.00718. The molecule has 27 heavy (non-hydrogen) atoms. The highest BCUT2D eigenvalue weighted by Gasteiger charge is 2.10. The quantitative estimate of drug-likeness (QED) is 0.572. The molecule has 1 N–H and O–H groups in total. The van der Waals surface area contributed by atoms with E-state index in [1.54, 1.807) is 16.8 Å². The van der Waals surface area contributed by atoms with Gasteiger partial charge in [0.05, 0.1) is 5.69 Å². The largest absolute Gasteiger partial charge is 0.364 e. The van der Waals surface area contributed by atoms with E-state index in [2.05, 4.69) is 22.3 Å². The maximum atomic E-state index is 13.1. The van der Waals surface area contributed by atoms with Gasteiger partial charge in [0.2, 0.25) is 0 Å². The Balaban J connectivity index is 1.75. The van der Waals surface area contributed by atoms with Gasteiger partial charge in [-0.1, -0.05) is 19.1 Å². The van der Waals surface area contributed by atoms with Crippen molar-refractivity contribution in [1.29, 1.82) is 0 Å². The van der Waals surface area contributed by atoms with Gasteiger partial charge in [0.1, 0.15) is 18.4 Å². The Morgan fingerprint density at radius 2 is 1.96 bits per heavy atom. The third-order valence-corrected chi connectivity index (χ3v) is 4.20. The van der Waals surface area contributed by atoms with E-state index in [-0.39, 0.29) is 11.9 Å². The Morgan fingerprint density at radius 3 is 2.70 bits per heavy atom. The summed E-state index contributed by atoms with van der Waals surface area (Å²) >= 11 is 0. The fourth-order valence-electron chi connectivity index (χ4n) is 2.84. The summed E-state index contributed by atoms with van der Waals surface area (Å²) in [5, 5.41) is 7.96. The molecule has 0 bridgehead atoms. The summed E-state index contributed by atoms with van der Waals surface area (Å²) in [4.78, 5) is 4.57. The Hall–Kier alpha value is -2.73. The Labute approximate surface area is 159 Å². The second-order valence-electron chi connectivity index (χ2n) is 6.58. The van der Waals surface area contributed by atoms with E-state index in [1.165, 1.54) is 12.1 Å². The van der Waals surface area contributed by atoms with Crippen LogP contribution in [0.15, 0.2) is 48.7 Å². The molecule has 0 aliphatic carbocycles. The lowest BCUT2D eigenvalue weighted by Gasteiger charge is -2.16. The van der Waals surface area contributed by atoms with Crippen LogP contribution in [0.25, 0.3) is 11.3 Å². The number of hydrogen-bond acceptors (Lipinski definition) is 4. The summed E-state index contributed by atoms with van der Waals surface area (Å²) in [5.41, 5.74) is 3.76. The standard InChI is InChI=1S/C21H25FN4O/c1-4-11-27-14-26-10-9-20(25-26)18-12-15(2)23-21(13-18)24-16(3)17-5-7-19(22)8-6-17/h5-10,12-13,16H,4,11,14H2,1-3H3,(H,23,24). The molecule has 0 saturated heterocycles. The van der Waals surface area contributed by atoms with E-state index >= 15 is 0 Å². The van der Waals surface area contributed by atoms with Crippen molar-refractivity contribution in [3.05, 3.63) is 65.7 Å². The zero-order valence-corrected chi connectivity index (χ0v) is 15.9. The summed E-state index contributed by atoms with van der Waals surface area (Å²) in [5.74, 6) is 0.527.